The van der Waals surface area contributed by atoms with Crippen molar-refractivity contribution in [3.63, 3.8) is 0 Å². The van der Waals surface area contributed by atoms with E-state index in [2.05, 4.69) is 46.4 Å². The van der Waals surface area contributed by atoms with E-state index in [9.17, 15) is 0 Å². The Kier molecular flexibility index (Phi) is 3.01. The number of aromatic nitrogens is 1. The zero-order valence-electron chi connectivity index (χ0n) is 10.1. The highest BCUT2D eigenvalue weighted by Gasteiger charge is 2.15. The zero-order chi connectivity index (χ0) is 12.2. The van der Waals surface area contributed by atoms with E-state index >= 15 is 0 Å². The normalized spacial score (nSPS) is 16.9. The van der Waals surface area contributed by atoms with Crippen LogP contribution in [0.25, 0.3) is 6.08 Å². The molecule has 0 saturated carbocycles. The Morgan fingerprint density at radius 1 is 1.00 bits per heavy atom. The summed E-state index contributed by atoms with van der Waals surface area (Å²) in [5.74, 6) is 0. The number of hydrogen-bond donors (Lipinski definition) is 0. The van der Waals surface area contributed by atoms with E-state index in [1.54, 1.807) is 6.20 Å². The molecule has 2 aromatic rings. The smallest absolute Gasteiger partial charge is 0.0695 e. The molecular weight excluding hydrogens is 220 g/mol. The molecule has 0 N–H and O–H groups in total. The summed E-state index contributed by atoms with van der Waals surface area (Å²) >= 11 is 0. The fraction of sp³-hybridized carbons (Fsp3) is 0.125. The maximum atomic E-state index is 4.59. The number of benzene rings is 1. The van der Waals surface area contributed by atoms with Crippen LogP contribution in [0, 0.1) is 0 Å². The van der Waals surface area contributed by atoms with Crippen LogP contribution in [0.2, 0.25) is 0 Å². The lowest BCUT2D eigenvalue weighted by atomic mass is 10.0. The molecule has 1 aromatic heterocycles. The van der Waals surface area contributed by atoms with Crippen molar-refractivity contribution in [3.8, 4) is 0 Å². The first-order valence-corrected chi connectivity index (χ1v) is 6.14. The molecular formula is C16H14N2. The molecule has 88 valence electrons. The van der Waals surface area contributed by atoms with Gasteiger partial charge >= 0.3 is 0 Å². The summed E-state index contributed by atoms with van der Waals surface area (Å²) in [5, 5.41) is 0. The standard InChI is InChI=1S/C16H14N2/c1-2-5-13(6-3-1)11-14-8-10-18-16(14)15-7-4-9-17-12-15/h1-7,9,11-12H,8,10H2/b14-11+. The molecule has 0 atom stereocenters. The van der Waals surface area contributed by atoms with Crippen molar-refractivity contribution in [2.75, 3.05) is 6.54 Å². The van der Waals surface area contributed by atoms with Gasteiger partial charge in [-0.2, -0.15) is 0 Å². The van der Waals surface area contributed by atoms with Gasteiger partial charge in [-0.25, -0.2) is 0 Å². The third-order valence-corrected chi connectivity index (χ3v) is 3.03. The molecule has 0 unspecified atom stereocenters. The Morgan fingerprint density at radius 2 is 1.89 bits per heavy atom. The van der Waals surface area contributed by atoms with Gasteiger partial charge in [-0.05, 0) is 35.8 Å². The number of aliphatic imine (C=N–C) groups is 1. The first kappa shape index (κ1) is 10.9. The van der Waals surface area contributed by atoms with Gasteiger partial charge < -0.3 is 0 Å². The minimum Gasteiger partial charge on any atom is -0.284 e. The lowest BCUT2D eigenvalue weighted by molar-refractivity contribution is 1.05. The van der Waals surface area contributed by atoms with Gasteiger partial charge in [-0.15, -0.1) is 0 Å². The largest absolute Gasteiger partial charge is 0.284 e. The van der Waals surface area contributed by atoms with Crippen LogP contribution in [-0.2, 0) is 0 Å². The van der Waals surface area contributed by atoms with E-state index in [0.717, 1.165) is 24.2 Å². The highest BCUT2D eigenvalue weighted by atomic mass is 14.8. The van der Waals surface area contributed by atoms with Gasteiger partial charge in [0.05, 0.1) is 5.71 Å². The topological polar surface area (TPSA) is 25.2 Å². The first-order valence-electron chi connectivity index (χ1n) is 6.14. The molecule has 1 aliphatic rings. The second-order valence-corrected chi connectivity index (χ2v) is 4.30. The molecule has 2 heterocycles. The number of pyridine rings is 1. The summed E-state index contributed by atoms with van der Waals surface area (Å²) in [6, 6.07) is 14.4. The van der Waals surface area contributed by atoms with Gasteiger partial charge in [-0.3, -0.25) is 9.98 Å². The van der Waals surface area contributed by atoms with Crippen LogP contribution in [0.15, 0.2) is 65.4 Å². The third-order valence-electron chi connectivity index (χ3n) is 3.03. The van der Waals surface area contributed by atoms with Crippen LogP contribution >= 0.6 is 0 Å². The SMILES string of the molecule is C(=C1/CCN=C1c1cccnc1)/c1ccccc1. The molecule has 2 heteroatoms. The molecule has 0 spiro atoms. The maximum absolute atomic E-state index is 4.59. The van der Waals surface area contributed by atoms with Gasteiger partial charge in [0.15, 0.2) is 0 Å². The van der Waals surface area contributed by atoms with Gasteiger partial charge in [-0.1, -0.05) is 30.3 Å². The highest BCUT2D eigenvalue weighted by Crippen LogP contribution is 2.21. The summed E-state index contributed by atoms with van der Waals surface area (Å²) < 4.78 is 0. The number of rotatable bonds is 2. The van der Waals surface area contributed by atoms with E-state index in [-0.39, 0.29) is 0 Å². The molecule has 18 heavy (non-hydrogen) atoms. The highest BCUT2D eigenvalue weighted by molar-refractivity contribution is 6.15. The van der Waals surface area contributed by atoms with Crippen molar-refractivity contribution in [3.05, 3.63) is 71.6 Å². The minimum atomic E-state index is 0.878. The van der Waals surface area contributed by atoms with Crippen molar-refractivity contribution in [1.82, 2.24) is 4.98 Å². The lowest BCUT2D eigenvalue weighted by Crippen LogP contribution is -2.00. The average molecular weight is 234 g/mol. The Morgan fingerprint density at radius 3 is 2.67 bits per heavy atom. The van der Waals surface area contributed by atoms with Crippen LogP contribution in [0.3, 0.4) is 0 Å². The molecule has 1 aromatic carbocycles. The van der Waals surface area contributed by atoms with Crippen LogP contribution in [-0.4, -0.2) is 17.2 Å². The Labute approximate surface area is 107 Å². The van der Waals surface area contributed by atoms with Gasteiger partial charge in [0, 0.05) is 24.5 Å². The van der Waals surface area contributed by atoms with Crippen molar-refractivity contribution < 1.29 is 0 Å². The molecule has 0 saturated heterocycles. The van der Waals surface area contributed by atoms with E-state index in [4.69, 9.17) is 0 Å². The maximum Gasteiger partial charge on any atom is 0.0695 e. The van der Waals surface area contributed by atoms with Crippen molar-refractivity contribution in [1.29, 1.82) is 0 Å². The number of hydrogen-bond acceptors (Lipinski definition) is 2. The molecule has 3 rings (SSSR count). The van der Waals surface area contributed by atoms with Crippen LogP contribution in [0.1, 0.15) is 17.5 Å². The van der Waals surface area contributed by atoms with Crippen LogP contribution in [0.5, 0.6) is 0 Å². The summed E-state index contributed by atoms with van der Waals surface area (Å²) in [7, 11) is 0. The molecule has 0 aliphatic carbocycles. The van der Waals surface area contributed by atoms with Gasteiger partial charge in [0.2, 0.25) is 0 Å². The Hall–Kier alpha value is -2.22. The van der Waals surface area contributed by atoms with E-state index < -0.39 is 0 Å². The first-order chi connectivity index (χ1) is 8.93. The van der Waals surface area contributed by atoms with Crippen LogP contribution < -0.4 is 0 Å². The predicted octanol–water partition coefficient (Wildman–Crippen LogP) is 3.36. The lowest BCUT2D eigenvalue weighted by Gasteiger charge is -2.03. The fourth-order valence-corrected chi connectivity index (χ4v) is 2.18. The second kappa shape index (κ2) is 4.96. The van der Waals surface area contributed by atoms with Crippen molar-refractivity contribution >= 4 is 11.8 Å². The van der Waals surface area contributed by atoms with Gasteiger partial charge in [0.25, 0.3) is 0 Å². The van der Waals surface area contributed by atoms with E-state index in [1.165, 1.54) is 11.1 Å². The van der Waals surface area contributed by atoms with Gasteiger partial charge in [0.1, 0.15) is 0 Å². The van der Waals surface area contributed by atoms with Crippen LogP contribution in [0.4, 0.5) is 0 Å². The second-order valence-electron chi connectivity index (χ2n) is 4.30. The van der Waals surface area contributed by atoms with E-state index in [0.29, 0.717) is 0 Å². The fourth-order valence-electron chi connectivity index (χ4n) is 2.18. The Bertz CT molecular complexity index is 583. The van der Waals surface area contributed by atoms with Crippen molar-refractivity contribution in [2.45, 2.75) is 6.42 Å². The molecule has 0 amide bonds. The monoisotopic (exact) mass is 234 g/mol. The van der Waals surface area contributed by atoms with E-state index in [1.807, 2.05) is 18.3 Å². The molecule has 0 radical (unpaired) electrons. The summed E-state index contributed by atoms with van der Waals surface area (Å²) in [5.41, 5.74) is 4.73. The summed E-state index contributed by atoms with van der Waals surface area (Å²) in [4.78, 5) is 8.75. The van der Waals surface area contributed by atoms with Crippen molar-refractivity contribution in [2.24, 2.45) is 4.99 Å². The number of nitrogens with zero attached hydrogens (tertiary/aromatic N) is 2. The summed E-state index contributed by atoms with van der Waals surface area (Å²) in [6.45, 7) is 0.878. The zero-order valence-corrected chi connectivity index (χ0v) is 10.1. The molecule has 0 bridgehead atoms. The molecule has 2 nitrogen and oxygen atoms in total. The third kappa shape index (κ3) is 2.23. The summed E-state index contributed by atoms with van der Waals surface area (Å²) in [6.07, 6.45) is 6.90. The minimum absolute atomic E-state index is 0.878. The Balaban J connectivity index is 1.95. The predicted molar refractivity (Wildman–Crippen MR) is 74.7 cm³/mol. The molecule has 1 aliphatic heterocycles. The molecule has 0 fully saturated rings. The average Bonchev–Trinajstić information content (AvgIpc) is 2.89. The quantitative estimate of drug-likeness (QED) is 0.782.